The van der Waals surface area contributed by atoms with Crippen molar-refractivity contribution in [3.8, 4) is 5.75 Å². The third-order valence-corrected chi connectivity index (χ3v) is 5.72. The molecule has 0 radical (unpaired) electrons. The fourth-order valence-electron chi connectivity index (χ4n) is 4.38. The molecule has 1 aliphatic carbocycles. The second kappa shape index (κ2) is 8.14. The molecule has 0 unspecified atom stereocenters. The molecule has 148 valence electrons. The summed E-state index contributed by atoms with van der Waals surface area (Å²) >= 11 is 0. The Morgan fingerprint density at radius 3 is 2.86 bits per heavy atom. The van der Waals surface area contributed by atoms with E-state index in [-0.39, 0.29) is 11.9 Å². The lowest BCUT2D eigenvalue weighted by molar-refractivity contribution is 0.0727. The van der Waals surface area contributed by atoms with Crippen LogP contribution in [0.4, 0.5) is 5.82 Å². The third-order valence-electron chi connectivity index (χ3n) is 5.72. The molecule has 1 saturated carbocycles. The van der Waals surface area contributed by atoms with Gasteiger partial charge in [0.1, 0.15) is 11.6 Å². The number of aliphatic hydroxyl groups is 1. The number of benzene rings is 1. The third kappa shape index (κ3) is 3.94. The summed E-state index contributed by atoms with van der Waals surface area (Å²) in [5.41, 5.74) is 0.652. The van der Waals surface area contributed by atoms with E-state index in [2.05, 4.69) is 15.3 Å². The topological polar surface area (TPSA) is 87.6 Å². The summed E-state index contributed by atoms with van der Waals surface area (Å²) < 4.78 is 5.52. The van der Waals surface area contributed by atoms with Gasteiger partial charge >= 0.3 is 0 Å². The molecule has 2 aromatic rings. The van der Waals surface area contributed by atoms with Gasteiger partial charge in [0.25, 0.3) is 5.91 Å². The van der Waals surface area contributed by atoms with Crippen molar-refractivity contribution in [2.24, 2.45) is 11.8 Å². The zero-order valence-electron chi connectivity index (χ0n) is 16.0. The van der Waals surface area contributed by atoms with Crippen molar-refractivity contribution in [1.82, 2.24) is 14.9 Å². The van der Waals surface area contributed by atoms with Crippen molar-refractivity contribution >= 4 is 11.7 Å². The number of anilines is 1. The van der Waals surface area contributed by atoms with Crippen LogP contribution in [0.15, 0.2) is 42.9 Å². The first kappa shape index (κ1) is 18.7. The fraction of sp³-hybridized carbons (Fsp3) is 0.476. The molecule has 4 atom stereocenters. The summed E-state index contributed by atoms with van der Waals surface area (Å²) in [6.45, 7) is 3.91. The van der Waals surface area contributed by atoms with Gasteiger partial charge in [0.2, 0.25) is 0 Å². The molecule has 0 spiro atoms. The molecule has 7 nitrogen and oxygen atoms in total. The molecule has 4 rings (SSSR count). The van der Waals surface area contributed by atoms with Crippen molar-refractivity contribution in [2.75, 3.05) is 25.0 Å². The van der Waals surface area contributed by atoms with Gasteiger partial charge in [-0.3, -0.25) is 9.78 Å². The van der Waals surface area contributed by atoms with E-state index in [1.54, 1.807) is 24.7 Å². The highest BCUT2D eigenvalue weighted by molar-refractivity contribution is 5.94. The largest absolute Gasteiger partial charge is 0.494 e. The fourth-order valence-corrected chi connectivity index (χ4v) is 4.38. The molecule has 1 aromatic heterocycles. The summed E-state index contributed by atoms with van der Waals surface area (Å²) in [5, 5.41) is 13.9. The maximum absolute atomic E-state index is 13.0. The molecular formula is C21H26N4O3. The average Bonchev–Trinajstić information content (AvgIpc) is 3.11. The number of likely N-dealkylation sites (tertiary alicyclic amines) is 1. The van der Waals surface area contributed by atoms with Crippen molar-refractivity contribution in [3.63, 3.8) is 0 Å². The molecule has 1 saturated heterocycles. The Balaban J connectivity index is 1.41. The van der Waals surface area contributed by atoms with Crippen LogP contribution in [0.25, 0.3) is 0 Å². The molecular weight excluding hydrogens is 356 g/mol. The van der Waals surface area contributed by atoms with E-state index in [4.69, 9.17) is 4.74 Å². The molecule has 2 N–H and O–H groups in total. The summed E-state index contributed by atoms with van der Waals surface area (Å²) in [4.78, 5) is 23.2. The van der Waals surface area contributed by atoms with Gasteiger partial charge in [-0.25, -0.2) is 4.98 Å². The number of ether oxygens (including phenoxy) is 1. The van der Waals surface area contributed by atoms with Crippen LogP contribution in [0.5, 0.6) is 5.75 Å². The molecule has 28 heavy (non-hydrogen) atoms. The van der Waals surface area contributed by atoms with E-state index >= 15 is 0 Å². The van der Waals surface area contributed by atoms with E-state index < -0.39 is 6.10 Å². The number of nitrogens with zero attached hydrogens (tertiary/aromatic N) is 3. The highest BCUT2D eigenvalue weighted by atomic mass is 16.5. The molecule has 2 fully saturated rings. The van der Waals surface area contributed by atoms with Gasteiger partial charge in [0.15, 0.2) is 0 Å². The normalized spacial score (nSPS) is 26.6. The van der Waals surface area contributed by atoms with Gasteiger partial charge < -0.3 is 20.1 Å². The molecule has 0 bridgehead atoms. The number of aromatic nitrogens is 2. The van der Waals surface area contributed by atoms with Crippen molar-refractivity contribution < 1.29 is 14.6 Å². The first-order valence-electron chi connectivity index (χ1n) is 9.86. The Morgan fingerprint density at radius 1 is 1.29 bits per heavy atom. The van der Waals surface area contributed by atoms with Gasteiger partial charge in [0.05, 0.1) is 24.9 Å². The zero-order chi connectivity index (χ0) is 19.5. The van der Waals surface area contributed by atoms with Crippen LogP contribution in [0.3, 0.4) is 0 Å². The first-order chi connectivity index (χ1) is 13.6. The minimum atomic E-state index is -0.459. The number of carbonyl (C=O) groups excluding carboxylic acids is 1. The molecule has 7 heteroatoms. The standard InChI is InChI=1S/C21H26N4O3/c1-2-28-17-5-3-4-14(8-17)21(27)25-12-15-9-18(19(26)10-16(15)13-25)24-20-11-22-6-7-23-20/h3-8,11,15-16,18-19,26H,2,9-10,12-13H2,1H3,(H,23,24)/t15-,16+,18-,19-/m1/s1. The van der Waals surface area contributed by atoms with Crippen molar-refractivity contribution in [3.05, 3.63) is 48.4 Å². The number of rotatable bonds is 5. The lowest BCUT2D eigenvalue weighted by Crippen LogP contribution is -2.43. The van der Waals surface area contributed by atoms with Crippen LogP contribution >= 0.6 is 0 Å². The number of carbonyl (C=O) groups is 1. The second-order valence-electron chi connectivity index (χ2n) is 7.57. The van der Waals surface area contributed by atoms with E-state index in [9.17, 15) is 9.90 Å². The van der Waals surface area contributed by atoms with E-state index in [0.29, 0.717) is 55.1 Å². The number of aliphatic hydroxyl groups excluding tert-OH is 1. The molecule has 1 aromatic carbocycles. The molecule has 2 aliphatic rings. The Kier molecular flexibility index (Phi) is 5.43. The Morgan fingerprint density at radius 2 is 2.11 bits per heavy atom. The molecule has 1 amide bonds. The summed E-state index contributed by atoms with van der Waals surface area (Å²) in [5.74, 6) is 2.12. The van der Waals surface area contributed by atoms with Gasteiger partial charge in [-0.2, -0.15) is 0 Å². The van der Waals surface area contributed by atoms with Gasteiger partial charge in [0, 0.05) is 31.0 Å². The maximum atomic E-state index is 13.0. The van der Waals surface area contributed by atoms with Gasteiger partial charge in [-0.05, 0) is 49.8 Å². The smallest absolute Gasteiger partial charge is 0.254 e. The highest BCUT2D eigenvalue weighted by Crippen LogP contribution is 2.38. The first-order valence-corrected chi connectivity index (χ1v) is 9.86. The number of hydrogen-bond acceptors (Lipinski definition) is 6. The second-order valence-corrected chi connectivity index (χ2v) is 7.57. The van der Waals surface area contributed by atoms with Crippen LogP contribution in [0.1, 0.15) is 30.1 Å². The number of nitrogens with one attached hydrogen (secondary N) is 1. The highest BCUT2D eigenvalue weighted by Gasteiger charge is 2.43. The lowest BCUT2D eigenvalue weighted by Gasteiger charge is -2.35. The van der Waals surface area contributed by atoms with Crippen molar-refractivity contribution in [2.45, 2.75) is 31.9 Å². The SMILES string of the molecule is CCOc1cccc(C(=O)N2C[C@H]3C[C@@H](Nc4cnccn4)[C@H](O)C[C@H]3C2)c1. The molecule has 2 heterocycles. The zero-order valence-corrected chi connectivity index (χ0v) is 16.0. The summed E-state index contributed by atoms with van der Waals surface area (Å²) in [6.07, 6.45) is 5.96. The van der Waals surface area contributed by atoms with Gasteiger partial charge in [-0.1, -0.05) is 6.07 Å². The Labute approximate surface area is 164 Å². The number of hydrogen-bond donors (Lipinski definition) is 2. The maximum Gasteiger partial charge on any atom is 0.254 e. The van der Waals surface area contributed by atoms with Crippen LogP contribution in [0, 0.1) is 11.8 Å². The summed E-state index contributed by atoms with van der Waals surface area (Å²) in [6, 6.07) is 7.28. The lowest BCUT2D eigenvalue weighted by atomic mass is 9.77. The minimum absolute atomic E-state index is 0.0314. The monoisotopic (exact) mass is 382 g/mol. The Bertz CT molecular complexity index is 816. The van der Waals surface area contributed by atoms with Crippen molar-refractivity contribution in [1.29, 1.82) is 0 Å². The van der Waals surface area contributed by atoms with Crippen LogP contribution < -0.4 is 10.1 Å². The quantitative estimate of drug-likeness (QED) is 0.824. The predicted octanol–water partition coefficient (Wildman–Crippen LogP) is 2.20. The van der Waals surface area contributed by atoms with Crippen LogP contribution in [-0.4, -0.2) is 57.7 Å². The Hall–Kier alpha value is -2.67. The average molecular weight is 382 g/mol. The number of fused-ring (bicyclic) bond motifs is 1. The van der Waals surface area contributed by atoms with E-state index in [1.807, 2.05) is 30.0 Å². The minimum Gasteiger partial charge on any atom is -0.494 e. The van der Waals surface area contributed by atoms with E-state index in [0.717, 1.165) is 6.42 Å². The predicted molar refractivity (Wildman–Crippen MR) is 105 cm³/mol. The molecule has 1 aliphatic heterocycles. The van der Waals surface area contributed by atoms with E-state index in [1.165, 1.54) is 0 Å². The summed E-state index contributed by atoms with van der Waals surface area (Å²) in [7, 11) is 0. The van der Waals surface area contributed by atoms with Crippen LogP contribution in [-0.2, 0) is 0 Å². The van der Waals surface area contributed by atoms with Gasteiger partial charge in [-0.15, -0.1) is 0 Å². The van der Waals surface area contributed by atoms with Crippen LogP contribution in [0.2, 0.25) is 0 Å². The number of amides is 1.